The number of nitrogens with zero attached hydrogens (tertiary/aromatic N) is 1. The number of hydrogen-bond donors (Lipinski definition) is 0. The molecule has 0 radical (unpaired) electrons. The molecule has 0 aromatic heterocycles. The molecule has 2 heterocycles. The van der Waals surface area contributed by atoms with Crippen LogP contribution in [0.15, 0.2) is 12.1 Å². The van der Waals surface area contributed by atoms with Crippen molar-refractivity contribution in [3.63, 3.8) is 0 Å². The van der Waals surface area contributed by atoms with Crippen molar-refractivity contribution in [3.05, 3.63) is 28.5 Å². The molecule has 3 rings (SSSR count). The highest BCUT2D eigenvalue weighted by Crippen LogP contribution is 2.39. The number of halogens is 2. The van der Waals surface area contributed by atoms with Crippen LogP contribution in [0.1, 0.15) is 18.4 Å². The summed E-state index contributed by atoms with van der Waals surface area (Å²) in [5.41, 5.74) is 1.72. The van der Waals surface area contributed by atoms with Crippen molar-refractivity contribution in [1.82, 2.24) is 0 Å². The normalized spacial score (nSPS) is 21.9. The summed E-state index contributed by atoms with van der Waals surface area (Å²) in [7, 11) is 0. The summed E-state index contributed by atoms with van der Waals surface area (Å²) in [5.74, 6) is -0.228. The van der Waals surface area contributed by atoms with Gasteiger partial charge in [0.15, 0.2) is 0 Å². The molecule has 0 amide bonds. The zero-order chi connectivity index (χ0) is 12.0. The number of piperidine rings is 1. The lowest BCUT2D eigenvalue weighted by atomic mass is 9.97. The minimum atomic E-state index is -0.228. The van der Waals surface area contributed by atoms with Gasteiger partial charge in [-0.25, -0.2) is 4.39 Å². The van der Waals surface area contributed by atoms with Gasteiger partial charge in [-0.2, -0.15) is 0 Å². The van der Waals surface area contributed by atoms with Gasteiger partial charge in [0.25, 0.3) is 0 Å². The third-order valence-corrected chi connectivity index (χ3v) is 4.20. The minimum Gasteiger partial charge on any atom is -0.369 e. The Morgan fingerprint density at radius 1 is 1.35 bits per heavy atom. The van der Waals surface area contributed by atoms with Crippen LogP contribution in [0.25, 0.3) is 0 Å². The molecule has 2 saturated heterocycles. The fourth-order valence-corrected chi connectivity index (χ4v) is 2.58. The van der Waals surface area contributed by atoms with E-state index in [2.05, 4.69) is 4.90 Å². The van der Waals surface area contributed by atoms with Crippen LogP contribution < -0.4 is 4.90 Å². The molecule has 17 heavy (non-hydrogen) atoms. The molecule has 2 aliphatic rings. The highest BCUT2D eigenvalue weighted by molar-refractivity contribution is 6.31. The molecule has 2 nitrogen and oxygen atoms in total. The summed E-state index contributed by atoms with van der Waals surface area (Å²) in [6.45, 7) is 4.50. The number of aryl methyl sites for hydroxylation is 1. The Kier molecular flexibility index (Phi) is 2.56. The molecule has 2 aliphatic heterocycles. The quantitative estimate of drug-likeness (QED) is 0.717. The van der Waals surface area contributed by atoms with Crippen molar-refractivity contribution < 1.29 is 9.13 Å². The monoisotopic (exact) mass is 255 g/mol. The number of epoxide rings is 1. The third kappa shape index (κ3) is 2.02. The molecular weight excluding hydrogens is 241 g/mol. The fourth-order valence-electron chi connectivity index (χ4n) is 2.43. The van der Waals surface area contributed by atoms with E-state index in [1.807, 2.05) is 13.0 Å². The summed E-state index contributed by atoms with van der Waals surface area (Å²) in [6, 6.07) is 3.24. The van der Waals surface area contributed by atoms with Gasteiger partial charge in [0.05, 0.1) is 17.9 Å². The molecule has 1 aromatic rings. The molecule has 0 atom stereocenters. The molecule has 0 unspecified atom stereocenters. The van der Waals surface area contributed by atoms with Gasteiger partial charge in [-0.05, 0) is 37.5 Å². The Morgan fingerprint density at radius 2 is 2.00 bits per heavy atom. The first kappa shape index (κ1) is 11.3. The maximum Gasteiger partial charge on any atom is 0.147 e. The maximum absolute atomic E-state index is 13.9. The number of ether oxygens (including phenoxy) is 1. The fraction of sp³-hybridized carbons (Fsp3) is 0.538. The number of anilines is 1. The lowest BCUT2D eigenvalue weighted by molar-refractivity contribution is 0.258. The summed E-state index contributed by atoms with van der Waals surface area (Å²) in [4.78, 5) is 2.09. The largest absolute Gasteiger partial charge is 0.369 e. The van der Waals surface area contributed by atoms with Gasteiger partial charge in [0.1, 0.15) is 5.82 Å². The SMILES string of the molecule is Cc1cc(N2CCC3(CC2)CO3)c(F)cc1Cl. The Hall–Kier alpha value is -0.800. The van der Waals surface area contributed by atoms with Crippen molar-refractivity contribution in [2.24, 2.45) is 0 Å². The summed E-state index contributed by atoms with van der Waals surface area (Å²) < 4.78 is 19.3. The van der Waals surface area contributed by atoms with Crippen LogP contribution >= 0.6 is 11.6 Å². The van der Waals surface area contributed by atoms with E-state index in [0.29, 0.717) is 10.7 Å². The first-order valence-electron chi connectivity index (χ1n) is 5.94. The van der Waals surface area contributed by atoms with E-state index in [4.69, 9.17) is 16.3 Å². The molecule has 2 fully saturated rings. The average Bonchev–Trinajstić information content (AvgIpc) is 3.05. The highest BCUT2D eigenvalue weighted by atomic mass is 35.5. The van der Waals surface area contributed by atoms with Crippen LogP contribution in [-0.4, -0.2) is 25.3 Å². The number of benzene rings is 1. The Labute approximate surface area is 105 Å². The second-order valence-electron chi connectivity index (χ2n) is 5.01. The van der Waals surface area contributed by atoms with Crippen molar-refractivity contribution in [1.29, 1.82) is 0 Å². The molecule has 1 aromatic carbocycles. The Balaban J connectivity index is 1.82. The summed E-state index contributed by atoms with van der Waals surface area (Å²) in [5, 5.41) is 0.491. The first-order valence-corrected chi connectivity index (χ1v) is 6.32. The lowest BCUT2D eigenvalue weighted by Gasteiger charge is -2.32. The molecule has 0 N–H and O–H groups in total. The zero-order valence-corrected chi connectivity index (χ0v) is 10.6. The van der Waals surface area contributed by atoms with Crippen LogP contribution in [0.5, 0.6) is 0 Å². The van der Waals surface area contributed by atoms with Gasteiger partial charge in [0, 0.05) is 18.1 Å². The highest BCUT2D eigenvalue weighted by Gasteiger charge is 2.46. The van der Waals surface area contributed by atoms with Gasteiger partial charge in [-0.3, -0.25) is 0 Å². The molecule has 0 aliphatic carbocycles. The molecule has 0 saturated carbocycles. The van der Waals surface area contributed by atoms with Crippen molar-refractivity contribution >= 4 is 17.3 Å². The topological polar surface area (TPSA) is 15.8 Å². The van der Waals surface area contributed by atoms with Crippen molar-refractivity contribution in [2.45, 2.75) is 25.4 Å². The molecule has 1 spiro atoms. The predicted octanol–water partition coefficient (Wildman–Crippen LogP) is 3.16. The third-order valence-electron chi connectivity index (χ3n) is 3.80. The van der Waals surface area contributed by atoms with Crippen LogP contribution in [0.4, 0.5) is 10.1 Å². The standard InChI is InChI=1S/C13H15ClFNO/c1-9-6-12(11(15)7-10(9)14)16-4-2-13(3-5-16)8-17-13/h6-7H,2-5,8H2,1H3. The van der Waals surface area contributed by atoms with Crippen LogP contribution in [0.2, 0.25) is 5.02 Å². The predicted molar refractivity (Wildman–Crippen MR) is 66.3 cm³/mol. The van der Waals surface area contributed by atoms with E-state index in [1.165, 1.54) is 6.07 Å². The van der Waals surface area contributed by atoms with Gasteiger partial charge in [0.2, 0.25) is 0 Å². The van der Waals surface area contributed by atoms with Gasteiger partial charge in [-0.15, -0.1) is 0 Å². The zero-order valence-electron chi connectivity index (χ0n) is 9.80. The van der Waals surface area contributed by atoms with E-state index < -0.39 is 0 Å². The number of rotatable bonds is 1. The van der Waals surface area contributed by atoms with E-state index in [1.54, 1.807) is 0 Å². The maximum atomic E-state index is 13.9. The first-order chi connectivity index (χ1) is 8.10. The number of hydrogen-bond acceptors (Lipinski definition) is 2. The van der Waals surface area contributed by atoms with Gasteiger partial charge >= 0.3 is 0 Å². The average molecular weight is 256 g/mol. The molecule has 0 bridgehead atoms. The Morgan fingerprint density at radius 3 is 2.59 bits per heavy atom. The minimum absolute atomic E-state index is 0.133. The van der Waals surface area contributed by atoms with Gasteiger partial charge in [-0.1, -0.05) is 11.6 Å². The Bertz CT molecular complexity index is 449. The molecular formula is C13H15ClFNO. The van der Waals surface area contributed by atoms with E-state index >= 15 is 0 Å². The molecule has 92 valence electrons. The second kappa shape index (κ2) is 3.85. The van der Waals surface area contributed by atoms with E-state index in [0.717, 1.165) is 38.1 Å². The van der Waals surface area contributed by atoms with Crippen LogP contribution in [0.3, 0.4) is 0 Å². The van der Waals surface area contributed by atoms with Crippen LogP contribution in [0, 0.1) is 12.7 Å². The van der Waals surface area contributed by atoms with E-state index in [9.17, 15) is 4.39 Å². The summed E-state index contributed by atoms with van der Waals surface area (Å²) in [6.07, 6.45) is 1.99. The molecule has 4 heteroatoms. The van der Waals surface area contributed by atoms with E-state index in [-0.39, 0.29) is 11.4 Å². The van der Waals surface area contributed by atoms with Gasteiger partial charge < -0.3 is 9.64 Å². The van der Waals surface area contributed by atoms with Crippen LogP contribution in [-0.2, 0) is 4.74 Å². The second-order valence-corrected chi connectivity index (χ2v) is 5.42. The smallest absolute Gasteiger partial charge is 0.147 e. The van der Waals surface area contributed by atoms with Crippen molar-refractivity contribution in [2.75, 3.05) is 24.6 Å². The van der Waals surface area contributed by atoms with Crippen molar-refractivity contribution in [3.8, 4) is 0 Å². The lowest BCUT2D eigenvalue weighted by Crippen LogP contribution is -2.38. The summed E-state index contributed by atoms with van der Waals surface area (Å²) >= 11 is 5.90.